The number of hydrogen-bond acceptors (Lipinski definition) is 5. The van der Waals surface area contributed by atoms with E-state index < -0.39 is 5.54 Å². The van der Waals surface area contributed by atoms with Crippen LogP contribution in [0.25, 0.3) is 0 Å². The van der Waals surface area contributed by atoms with E-state index in [4.69, 9.17) is 22.1 Å². The number of benzene rings is 1. The second-order valence-electron chi connectivity index (χ2n) is 7.50. The van der Waals surface area contributed by atoms with Gasteiger partial charge in [-0.2, -0.15) is 5.10 Å². The molecule has 1 atom stereocenters. The highest BCUT2D eigenvalue weighted by Crippen LogP contribution is 2.62. The number of Topliss-reactive ketones (excluding diaryl/α,β-unsaturated/α-hetero) is 1. The molecule has 8 heteroatoms. The maximum Gasteiger partial charge on any atom is 0.282 e. The average molecular weight is 391 g/mol. The lowest BCUT2D eigenvalue weighted by atomic mass is 9.76. The van der Waals surface area contributed by atoms with Gasteiger partial charge in [0.25, 0.3) is 6.02 Å². The fourth-order valence-electron chi connectivity index (χ4n) is 3.82. The summed E-state index contributed by atoms with van der Waals surface area (Å²) in [6, 6.07) is 4.74. The summed E-state index contributed by atoms with van der Waals surface area (Å²) in [6.07, 6.45) is 3.43. The minimum absolute atomic E-state index is 0.0659. The summed E-state index contributed by atoms with van der Waals surface area (Å²) in [7, 11) is 1.70. The number of carbonyl (C=O) groups is 1. The summed E-state index contributed by atoms with van der Waals surface area (Å²) < 4.78 is 21.6. The molecule has 0 radical (unpaired) electrons. The van der Waals surface area contributed by atoms with Crippen LogP contribution in [0.5, 0.6) is 0 Å². The molecule has 0 bridgehead atoms. The van der Waals surface area contributed by atoms with Crippen molar-refractivity contribution in [1.82, 2.24) is 9.78 Å². The fraction of sp³-hybridized carbons (Fsp3) is 0.421. The smallest absolute Gasteiger partial charge is 0.282 e. The quantitative estimate of drug-likeness (QED) is 0.813. The standard InChI is InChI=1S/C19H20ClFN4O2/c1-18(19(5-6-19)10-27-17(22)23-18)12-7-11(3-4-14(12)21)8-15(26)16-13(20)9-25(2)24-16/h3-4,7,9H,5-6,8,10H2,1-2H3,(H2,22,23)/t18-/m1/s1. The van der Waals surface area contributed by atoms with Crippen LogP contribution < -0.4 is 5.73 Å². The van der Waals surface area contributed by atoms with Crippen LogP contribution in [0, 0.1) is 11.2 Å². The SMILES string of the molecule is Cn1cc(Cl)c(C(=O)Cc2ccc(F)c([C@@]3(C)N=C(N)OCC34CC4)c2)n1. The predicted molar refractivity (Wildman–Crippen MR) is 99.2 cm³/mol. The van der Waals surface area contributed by atoms with Crippen molar-refractivity contribution in [1.29, 1.82) is 0 Å². The van der Waals surface area contributed by atoms with Crippen molar-refractivity contribution in [2.75, 3.05) is 6.61 Å². The minimum atomic E-state index is -0.818. The molecule has 1 spiro atoms. The molecule has 6 nitrogen and oxygen atoms in total. The number of hydrogen-bond donors (Lipinski definition) is 1. The third kappa shape index (κ3) is 2.90. The summed E-state index contributed by atoms with van der Waals surface area (Å²) in [6.45, 7) is 2.31. The van der Waals surface area contributed by atoms with E-state index in [9.17, 15) is 9.18 Å². The van der Waals surface area contributed by atoms with Gasteiger partial charge in [-0.25, -0.2) is 9.38 Å². The van der Waals surface area contributed by atoms with Crippen molar-refractivity contribution in [3.05, 3.63) is 52.1 Å². The number of aryl methyl sites for hydroxylation is 1. The Hall–Kier alpha value is -2.41. The van der Waals surface area contributed by atoms with Gasteiger partial charge in [0.15, 0.2) is 5.78 Å². The van der Waals surface area contributed by atoms with Crippen LogP contribution in [0.3, 0.4) is 0 Å². The van der Waals surface area contributed by atoms with Gasteiger partial charge < -0.3 is 10.5 Å². The Labute approximate surface area is 161 Å². The topological polar surface area (TPSA) is 82.5 Å². The molecule has 2 heterocycles. The van der Waals surface area contributed by atoms with E-state index in [0.29, 0.717) is 22.8 Å². The van der Waals surface area contributed by atoms with Crippen LogP contribution >= 0.6 is 11.6 Å². The summed E-state index contributed by atoms with van der Waals surface area (Å²) >= 11 is 6.06. The van der Waals surface area contributed by atoms with E-state index in [1.807, 2.05) is 6.92 Å². The molecular weight excluding hydrogens is 371 g/mol. The molecule has 27 heavy (non-hydrogen) atoms. The van der Waals surface area contributed by atoms with Gasteiger partial charge in [0.1, 0.15) is 11.5 Å². The second-order valence-corrected chi connectivity index (χ2v) is 7.91. The monoisotopic (exact) mass is 390 g/mol. The van der Waals surface area contributed by atoms with Crippen LogP contribution in [0.1, 0.15) is 41.4 Å². The highest BCUT2D eigenvalue weighted by atomic mass is 35.5. The van der Waals surface area contributed by atoms with Crippen LogP contribution in [-0.4, -0.2) is 28.2 Å². The Morgan fingerprint density at radius 2 is 2.19 bits per heavy atom. The van der Waals surface area contributed by atoms with Crippen molar-refractivity contribution in [3.8, 4) is 0 Å². The first kappa shape index (κ1) is 18.0. The van der Waals surface area contributed by atoms with Gasteiger partial charge in [0.05, 0.1) is 17.2 Å². The molecule has 1 aliphatic carbocycles. The number of aromatic nitrogens is 2. The van der Waals surface area contributed by atoms with Crippen LogP contribution in [-0.2, 0) is 23.7 Å². The van der Waals surface area contributed by atoms with E-state index >= 15 is 0 Å². The third-order valence-corrected chi connectivity index (χ3v) is 5.96. The van der Waals surface area contributed by atoms with Gasteiger partial charge in [-0.15, -0.1) is 0 Å². The average Bonchev–Trinajstić information content (AvgIpc) is 3.32. The molecule has 2 aliphatic rings. The van der Waals surface area contributed by atoms with Gasteiger partial charge in [0.2, 0.25) is 0 Å². The van der Waals surface area contributed by atoms with Crippen LogP contribution in [0.2, 0.25) is 5.02 Å². The van der Waals surface area contributed by atoms with Gasteiger partial charge in [-0.05, 0) is 37.5 Å². The van der Waals surface area contributed by atoms with Crippen molar-refractivity contribution < 1.29 is 13.9 Å². The maximum atomic E-state index is 14.8. The van der Waals surface area contributed by atoms with Crippen molar-refractivity contribution >= 4 is 23.4 Å². The lowest BCUT2D eigenvalue weighted by Gasteiger charge is -2.38. The van der Waals surface area contributed by atoms with Crippen molar-refractivity contribution in [2.45, 2.75) is 31.7 Å². The van der Waals surface area contributed by atoms with E-state index in [-0.39, 0.29) is 35.2 Å². The Bertz CT molecular complexity index is 967. The number of ether oxygens (including phenoxy) is 1. The van der Waals surface area contributed by atoms with Crippen molar-refractivity contribution in [2.24, 2.45) is 23.2 Å². The van der Waals surface area contributed by atoms with Gasteiger partial charge in [-0.3, -0.25) is 9.48 Å². The Morgan fingerprint density at radius 1 is 1.44 bits per heavy atom. The zero-order chi connectivity index (χ0) is 19.4. The van der Waals surface area contributed by atoms with Crippen LogP contribution in [0.15, 0.2) is 29.4 Å². The molecule has 142 valence electrons. The number of nitrogens with zero attached hydrogens (tertiary/aromatic N) is 3. The summed E-state index contributed by atoms with van der Waals surface area (Å²) in [5, 5.41) is 4.40. The Balaban J connectivity index is 1.69. The lowest BCUT2D eigenvalue weighted by Crippen LogP contribution is -2.43. The molecule has 0 amide bonds. The van der Waals surface area contributed by atoms with Gasteiger partial charge >= 0.3 is 0 Å². The van der Waals surface area contributed by atoms with Gasteiger partial charge in [-0.1, -0.05) is 17.7 Å². The Kier molecular flexibility index (Phi) is 4.03. The molecular formula is C19H20ClFN4O2. The zero-order valence-corrected chi connectivity index (χ0v) is 15.9. The van der Waals surface area contributed by atoms with E-state index in [2.05, 4.69) is 10.1 Å². The fourth-order valence-corrected chi connectivity index (χ4v) is 4.11. The Morgan fingerprint density at radius 3 is 2.81 bits per heavy atom. The number of aliphatic imine (C=N–C) groups is 1. The number of rotatable bonds is 4. The molecule has 2 N–H and O–H groups in total. The van der Waals surface area contributed by atoms with E-state index in [0.717, 1.165) is 12.8 Å². The molecule has 1 aromatic carbocycles. The summed E-state index contributed by atoms with van der Waals surface area (Å²) in [5.74, 6) is -0.589. The van der Waals surface area contributed by atoms with Gasteiger partial charge in [0, 0.05) is 30.6 Å². The molecule has 1 aliphatic heterocycles. The minimum Gasteiger partial charge on any atom is -0.465 e. The zero-order valence-electron chi connectivity index (χ0n) is 15.1. The summed E-state index contributed by atoms with van der Waals surface area (Å²) in [5.41, 5.74) is 6.04. The molecule has 0 saturated heterocycles. The molecule has 0 unspecified atom stereocenters. The highest BCUT2D eigenvalue weighted by molar-refractivity contribution is 6.33. The number of nitrogens with two attached hydrogens (primary N) is 1. The number of halogens is 2. The van der Waals surface area contributed by atoms with E-state index in [1.54, 1.807) is 25.4 Å². The summed E-state index contributed by atoms with van der Waals surface area (Å²) in [4.78, 5) is 17.0. The first-order valence-electron chi connectivity index (χ1n) is 8.73. The highest BCUT2D eigenvalue weighted by Gasteiger charge is 2.61. The van der Waals surface area contributed by atoms with Crippen LogP contribution in [0.4, 0.5) is 4.39 Å². The number of ketones is 1. The first-order valence-corrected chi connectivity index (χ1v) is 9.11. The molecule has 4 rings (SSSR count). The molecule has 1 saturated carbocycles. The molecule has 1 aromatic heterocycles. The largest absolute Gasteiger partial charge is 0.465 e. The number of carbonyl (C=O) groups excluding carboxylic acids is 1. The number of amidine groups is 1. The van der Waals surface area contributed by atoms with Crippen molar-refractivity contribution in [3.63, 3.8) is 0 Å². The van der Waals surface area contributed by atoms with E-state index in [1.165, 1.54) is 10.7 Å². The predicted octanol–water partition coefficient (Wildman–Crippen LogP) is 2.98. The maximum absolute atomic E-state index is 14.8. The molecule has 2 aromatic rings. The third-order valence-electron chi connectivity index (χ3n) is 5.68. The second kappa shape index (κ2) is 6.05. The molecule has 1 fully saturated rings. The first-order chi connectivity index (χ1) is 12.7. The lowest BCUT2D eigenvalue weighted by molar-refractivity contribution is 0.0986. The normalized spacial score (nSPS) is 23.0.